The van der Waals surface area contributed by atoms with Crippen molar-refractivity contribution in [3.05, 3.63) is 117 Å². The van der Waals surface area contributed by atoms with Crippen LogP contribution in [-0.4, -0.2) is 56.3 Å². The zero-order chi connectivity index (χ0) is 27.6. The van der Waals surface area contributed by atoms with Gasteiger partial charge in [-0.1, -0.05) is 36.4 Å². The highest BCUT2D eigenvalue weighted by Gasteiger charge is 2.33. The van der Waals surface area contributed by atoms with E-state index in [4.69, 9.17) is 0 Å². The molecule has 1 unspecified atom stereocenters. The number of benzene rings is 3. The van der Waals surface area contributed by atoms with E-state index < -0.39 is 6.04 Å². The van der Waals surface area contributed by atoms with Crippen LogP contribution >= 0.6 is 0 Å². The number of fused-ring (bicyclic) bond motifs is 1. The molecule has 5 aromatic rings. The Kier molecular flexibility index (Phi) is 7.13. The number of aromatic nitrogens is 5. The van der Waals surface area contributed by atoms with Gasteiger partial charge in [-0.2, -0.15) is 0 Å². The molecule has 1 N–H and O–H groups in total. The summed E-state index contributed by atoms with van der Waals surface area (Å²) < 4.78 is 15.3. The first-order valence-electron chi connectivity index (χ1n) is 13.6. The molecule has 1 aliphatic heterocycles. The Morgan fingerprint density at radius 3 is 2.45 bits per heavy atom. The highest BCUT2D eigenvalue weighted by molar-refractivity contribution is 5.83. The maximum absolute atomic E-state index is 13.6. The lowest BCUT2D eigenvalue weighted by atomic mass is 9.99. The maximum Gasteiger partial charge on any atom is 0.253 e. The predicted octanol–water partition coefficient (Wildman–Crippen LogP) is 4.42. The smallest absolute Gasteiger partial charge is 0.253 e. The second-order valence-electron chi connectivity index (χ2n) is 10.5. The van der Waals surface area contributed by atoms with Gasteiger partial charge in [-0.05, 0) is 83.8 Å². The summed E-state index contributed by atoms with van der Waals surface area (Å²) in [5.74, 6) is 0.409. The molecule has 0 aliphatic carbocycles. The van der Waals surface area contributed by atoms with Gasteiger partial charge in [-0.3, -0.25) is 9.69 Å². The van der Waals surface area contributed by atoms with Crippen LogP contribution in [0.4, 0.5) is 10.1 Å². The zero-order valence-corrected chi connectivity index (χ0v) is 22.7. The summed E-state index contributed by atoms with van der Waals surface area (Å²) >= 11 is 0. The molecular formula is C31H32FN7O. The van der Waals surface area contributed by atoms with Gasteiger partial charge >= 0.3 is 0 Å². The van der Waals surface area contributed by atoms with Gasteiger partial charge in [0.15, 0.2) is 5.82 Å². The number of aryl methyl sites for hydroxylation is 4. The Hall–Kier alpha value is -4.37. The lowest BCUT2D eigenvalue weighted by molar-refractivity contribution is 0.199. The van der Waals surface area contributed by atoms with Crippen molar-refractivity contribution < 1.29 is 4.39 Å². The van der Waals surface area contributed by atoms with Crippen LogP contribution in [0.15, 0.2) is 77.6 Å². The van der Waals surface area contributed by atoms with E-state index in [0.717, 1.165) is 47.2 Å². The number of H-pyrrole nitrogens is 1. The normalized spacial score (nSPS) is 15.0. The van der Waals surface area contributed by atoms with Crippen molar-refractivity contribution in [3.8, 4) is 0 Å². The standard InChI is InChI=1S/C31H32FN7O/c1-21-18-22(2)26-20-27(31(40)33-28(26)19-21)29(30-34-35-36-39(30)13-12-23-6-4-3-5-7-23)38-16-14-37(15-17-38)25-10-8-24(32)9-11-25/h3-11,18-20,29H,12-17H2,1-2H3,(H,33,40). The highest BCUT2D eigenvalue weighted by atomic mass is 19.1. The summed E-state index contributed by atoms with van der Waals surface area (Å²) in [7, 11) is 0. The number of aromatic amines is 1. The highest BCUT2D eigenvalue weighted by Crippen LogP contribution is 2.30. The van der Waals surface area contributed by atoms with Gasteiger partial charge < -0.3 is 9.88 Å². The van der Waals surface area contributed by atoms with Crippen LogP contribution in [-0.2, 0) is 13.0 Å². The number of hydrogen-bond acceptors (Lipinski definition) is 6. The van der Waals surface area contributed by atoms with E-state index in [0.29, 0.717) is 31.0 Å². The van der Waals surface area contributed by atoms with Crippen LogP contribution in [0.2, 0.25) is 0 Å². The van der Waals surface area contributed by atoms with Crippen molar-refractivity contribution in [3.63, 3.8) is 0 Å². The van der Waals surface area contributed by atoms with Crippen molar-refractivity contribution in [1.29, 1.82) is 0 Å². The number of hydrogen-bond donors (Lipinski definition) is 1. The molecule has 1 fully saturated rings. The van der Waals surface area contributed by atoms with Gasteiger partial charge in [0, 0.05) is 54.9 Å². The molecule has 1 atom stereocenters. The average Bonchev–Trinajstić information content (AvgIpc) is 3.42. The fourth-order valence-corrected chi connectivity index (χ4v) is 5.73. The van der Waals surface area contributed by atoms with Crippen molar-refractivity contribution in [2.75, 3.05) is 31.1 Å². The van der Waals surface area contributed by atoms with Crippen LogP contribution in [0, 0.1) is 19.7 Å². The Morgan fingerprint density at radius 1 is 0.950 bits per heavy atom. The molecule has 0 bridgehead atoms. The summed E-state index contributed by atoms with van der Waals surface area (Å²) in [6.45, 7) is 7.55. The summed E-state index contributed by atoms with van der Waals surface area (Å²) in [6, 6.07) is 22.6. The molecule has 0 saturated carbocycles. The predicted molar refractivity (Wildman–Crippen MR) is 154 cm³/mol. The van der Waals surface area contributed by atoms with E-state index in [1.165, 1.54) is 17.7 Å². The van der Waals surface area contributed by atoms with Crippen LogP contribution < -0.4 is 10.5 Å². The number of tetrazole rings is 1. The quantitative estimate of drug-likeness (QED) is 0.331. The molecule has 204 valence electrons. The topological polar surface area (TPSA) is 82.9 Å². The Bertz CT molecular complexity index is 1670. The van der Waals surface area contributed by atoms with Gasteiger partial charge in [-0.15, -0.1) is 5.10 Å². The zero-order valence-electron chi connectivity index (χ0n) is 22.7. The number of piperazine rings is 1. The monoisotopic (exact) mass is 537 g/mol. The molecular weight excluding hydrogens is 505 g/mol. The van der Waals surface area contributed by atoms with Crippen LogP contribution in [0.5, 0.6) is 0 Å². The van der Waals surface area contributed by atoms with Crippen LogP contribution in [0.25, 0.3) is 10.9 Å². The fourth-order valence-electron chi connectivity index (χ4n) is 5.73. The minimum atomic E-state index is -0.421. The van der Waals surface area contributed by atoms with Gasteiger partial charge in [-0.25, -0.2) is 9.07 Å². The molecule has 3 aromatic carbocycles. The number of rotatable bonds is 7. The van der Waals surface area contributed by atoms with E-state index >= 15 is 0 Å². The number of pyridine rings is 1. The van der Waals surface area contributed by atoms with Crippen molar-refractivity contribution in [2.24, 2.45) is 0 Å². The molecule has 1 aliphatic rings. The Labute approximate surface area is 232 Å². The third-order valence-corrected chi connectivity index (χ3v) is 7.77. The molecule has 8 nitrogen and oxygen atoms in total. The Balaban J connectivity index is 1.36. The molecule has 40 heavy (non-hydrogen) atoms. The van der Waals surface area contributed by atoms with E-state index in [2.05, 4.69) is 55.4 Å². The van der Waals surface area contributed by atoms with Crippen molar-refractivity contribution in [2.45, 2.75) is 32.9 Å². The maximum atomic E-state index is 13.6. The minimum absolute atomic E-state index is 0.138. The number of halogens is 1. The molecule has 9 heteroatoms. The summed E-state index contributed by atoms with van der Waals surface area (Å²) in [5.41, 5.74) is 5.71. The summed E-state index contributed by atoms with van der Waals surface area (Å²) in [6.07, 6.45) is 0.774. The number of anilines is 1. The minimum Gasteiger partial charge on any atom is -0.369 e. The van der Waals surface area contributed by atoms with E-state index in [9.17, 15) is 9.18 Å². The molecule has 6 rings (SSSR count). The largest absolute Gasteiger partial charge is 0.369 e. The summed E-state index contributed by atoms with van der Waals surface area (Å²) in [4.78, 5) is 21.3. The van der Waals surface area contributed by atoms with E-state index in [-0.39, 0.29) is 11.4 Å². The number of nitrogens with one attached hydrogen (secondary N) is 1. The second kappa shape index (κ2) is 11.0. The van der Waals surface area contributed by atoms with Gasteiger partial charge in [0.05, 0.1) is 0 Å². The van der Waals surface area contributed by atoms with E-state index in [1.807, 2.05) is 54.1 Å². The summed E-state index contributed by atoms with van der Waals surface area (Å²) in [5, 5.41) is 13.9. The van der Waals surface area contributed by atoms with Crippen molar-refractivity contribution >= 4 is 16.6 Å². The fraction of sp³-hybridized carbons (Fsp3) is 0.290. The van der Waals surface area contributed by atoms with Crippen LogP contribution in [0.1, 0.15) is 34.1 Å². The third kappa shape index (κ3) is 5.24. The van der Waals surface area contributed by atoms with Crippen LogP contribution in [0.3, 0.4) is 0 Å². The van der Waals surface area contributed by atoms with E-state index in [1.54, 1.807) is 0 Å². The molecule has 3 heterocycles. The number of nitrogens with zero attached hydrogens (tertiary/aromatic N) is 6. The molecule has 0 spiro atoms. The van der Waals surface area contributed by atoms with Gasteiger partial charge in [0.1, 0.15) is 11.9 Å². The van der Waals surface area contributed by atoms with Crippen molar-refractivity contribution in [1.82, 2.24) is 30.1 Å². The molecule has 0 radical (unpaired) electrons. The Morgan fingerprint density at radius 2 is 1.70 bits per heavy atom. The third-order valence-electron chi connectivity index (χ3n) is 7.77. The first-order valence-corrected chi connectivity index (χ1v) is 13.6. The second-order valence-corrected chi connectivity index (χ2v) is 10.5. The lowest BCUT2D eigenvalue weighted by Gasteiger charge is -2.39. The first kappa shape index (κ1) is 25.9. The van der Waals surface area contributed by atoms with Gasteiger partial charge in [0.25, 0.3) is 5.56 Å². The first-order chi connectivity index (χ1) is 19.5. The molecule has 2 aromatic heterocycles. The van der Waals surface area contributed by atoms with Gasteiger partial charge in [0.2, 0.25) is 0 Å². The average molecular weight is 538 g/mol. The molecule has 1 saturated heterocycles. The molecule has 0 amide bonds. The SMILES string of the molecule is Cc1cc(C)c2cc(C(c3nnnn3CCc3ccccc3)N3CCN(c4ccc(F)cc4)CC3)c(=O)[nH]c2c1. The lowest BCUT2D eigenvalue weighted by Crippen LogP contribution is -2.49.